The van der Waals surface area contributed by atoms with Gasteiger partial charge >= 0.3 is 0 Å². The van der Waals surface area contributed by atoms with Crippen molar-refractivity contribution in [2.24, 2.45) is 0 Å². The number of ether oxygens (including phenoxy) is 2. The van der Waals surface area contributed by atoms with E-state index in [0.29, 0.717) is 24.0 Å². The molecule has 4 aromatic rings. The minimum absolute atomic E-state index is 0.0796. The van der Waals surface area contributed by atoms with Crippen LogP contribution in [0.3, 0.4) is 0 Å². The second-order valence-corrected chi connectivity index (χ2v) is 9.46. The highest BCUT2D eigenvalue weighted by Crippen LogP contribution is 2.33. The zero-order valence-corrected chi connectivity index (χ0v) is 20.6. The van der Waals surface area contributed by atoms with Gasteiger partial charge in [0.15, 0.2) is 11.6 Å². The van der Waals surface area contributed by atoms with Crippen molar-refractivity contribution in [3.05, 3.63) is 35.8 Å². The van der Waals surface area contributed by atoms with Gasteiger partial charge < -0.3 is 19.4 Å². The zero-order chi connectivity index (χ0) is 23.8. The summed E-state index contributed by atoms with van der Waals surface area (Å²) >= 11 is 0. The lowest BCUT2D eigenvalue weighted by atomic mass is 9.91. The van der Waals surface area contributed by atoms with Crippen LogP contribution in [0, 0.1) is 6.92 Å². The molecule has 1 aromatic carbocycles. The third-order valence-corrected chi connectivity index (χ3v) is 6.47. The van der Waals surface area contributed by atoms with Gasteiger partial charge in [-0.25, -0.2) is 9.97 Å². The number of fused-ring (bicyclic) bond motifs is 2. The summed E-state index contributed by atoms with van der Waals surface area (Å²) in [6.45, 7) is 10.5. The van der Waals surface area contributed by atoms with E-state index in [9.17, 15) is 0 Å². The Hall–Kier alpha value is -3.04. The number of hydrogen-bond acceptors (Lipinski definition) is 7. The number of aryl methyl sites for hydroxylation is 1. The van der Waals surface area contributed by atoms with Gasteiger partial charge in [0.1, 0.15) is 11.5 Å². The Bertz CT molecular complexity index is 1300. The highest BCUT2D eigenvalue weighted by atomic mass is 16.5. The summed E-state index contributed by atoms with van der Waals surface area (Å²) in [6, 6.07) is 6.93. The maximum Gasteiger partial charge on any atom is 0.203 e. The van der Waals surface area contributed by atoms with Crippen molar-refractivity contribution in [2.45, 2.75) is 58.5 Å². The molecule has 1 unspecified atom stereocenters. The van der Waals surface area contributed by atoms with Crippen molar-refractivity contribution >= 4 is 22.5 Å². The Morgan fingerprint density at radius 2 is 1.94 bits per heavy atom. The second-order valence-electron chi connectivity index (χ2n) is 9.46. The SMILES string of the molecule is COCC(C)n1c(-c2cn3c(C)nnc3c(NC(C)C)n2)nc2ccc(C3CCOCC3)cc21. The minimum atomic E-state index is 0.0796. The summed E-state index contributed by atoms with van der Waals surface area (Å²) in [6.07, 6.45) is 4.08. The van der Waals surface area contributed by atoms with E-state index in [-0.39, 0.29) is 12.1 Å². The number of aromatic nitrogens is 6. The molecule has 0 radical (unpaired) electrons. The van der Waals surface area contributed by atoms with Gasteiger partial charge in [-0.1, -0.05) is 6.07 Å². The number of imidazole rings is 1. The van der Waals surface area contributed by atoms with E-state index in [0.717, 1.165) is 54.4 Å². The monoisotopic (exact) mass is 463 g/mol. The summed E-state index contributed by atoms with van der Waals surface area (Å²) in [5.74, 6) is 2.83. The molecular formula is C25H33N7O2. The van der Waals surface area contributed by atoms with Crippen LogP contribution in [0.4, 0.5) is 5.82 Å². The van der Waals surface area contributed by atoms with Crippen LogP contribution in [0.25, 0.3) is 28.2 Å². The van der Waals surface area contributed by atoms with Crippen LogP contribution in [0.1, 0.15) is 57.0 Å². The molecule has 9 heteroatoms. The van der Waals surface area contributed by atoms with E-state index >= 15 is 0 Å². The third kappa shape index (κ3) is 4.14. The number of methoxy groups -OCH3 is 1. The number of rotatable bonds is 7. The molecule has 180 valence electrons. The fraction of sp³-hybridized carbons (Fsp3) is 0.520. The van der Waals surface area contributed by atoms with E-state index in [1.807, 2.05) is 17.5 Å². The van der Waals surface area contributed by atoms with Crippen LogP contribution < -0.4 is 5.32 Å². The first-order valence-corrected chi connectivity index (χ1v) is 12.0. The topological polar surface area (TPSA) is 91.4 Å². The number of nitrogens with one attached hydrogen (secondary N) is 1. The molecule has 0 amide bonds. The summed E-state index contributed by atoms with van der Waals surface area (Å²) in [7, 11) is 1.73. The summed E-state index contributed by atoms with van der Waals surface area (Å²) in [5, 5.41) is 12.0. The average molecular weight is 464 g/mol. The van der Waals surface area contributed by atoms with Gasteiger partial charge in [0.05, 0.1) is 23.7 Å². The minimum Gasteiger partial charge on any atom is -0.383 e. The largest absolute Gasteiger partial charge is 0.383 e. The molecule has 1 aliphatic heterocycles. The highest BCUT2D eigenvalue weighted by molar-refractivity contribution is 5.82. The molecule has 1 fully saturated rings. The number of hydrogen-bond donors (Lipinski definition) is 1. The molecule has 34 heavy (non-hydrogen) atoms. The summed E-state index contributed by atoms with van der Waals surface area (Å²) < 4.78 is 15.4. The van der Waals surface area contributed by atoms with Gasteiger partial charge in [0.25, 0.3) is 0 Å². The molecule has 1 aliphatic rings. The zero-order valence-electron chi connectivity index (χ0n) is 20.6. The van der Waals surface area contributed by atoms with Crippen molar-refractivity contribution in [3.8, 4) is 11.5 Å². The van der Waals surface area contributed by atoms with Gasteiger partial charge in [-0.05, 0) is 64.2 Å². The fourth-order valence-electron chi connectivity index (χ4n) is 4.82. The maximum atomic E-state index is 5.58. The molecular weight excluding hydrogens is 430 g/mol. The second kappa shape index (κ2) is 9.31. The van der Waals surface area contributed by atoms with Gasteiger partial charge in [-0.3, -0.25) is 4.40 Å². The normalized spacial score (nSPS) is 16.1. The molecule has 1 saturated heterocycles. The van der Waals surface area contributed by atoms with Crippen molar-refractivity contribution in [3.63, 3.8) is 0 Å². The number of anilines is 1. The fourth-order valence-corrected chi connectivity index (χ4v) is 4.82. The summed E-state index contributed by atoms with van der Waals surface area (Å²) in [5.41, 5.74) is 4.88. The van der Waals surface area contributed by atoms with Gasteiger partial charge in [0.2, 0.25) is 5.65 Å². The van der Waals surface area contributed by atoms with E-state index in [1.165, 1.54) is 5.56 Å². The molecule has 4 heterocycles. The van der Waals surface area contributed by atoms with Crippen LogP contribution in [0.5, 0.6) is 0 Å². The third-order valence-electron chi connectivity index (χ3n) is 6.47. The van der Waals surface area contributed by atoms with Crippen molar-refractivity contribution in [1.82, 2.24) is 29.1 Å². The van der Waals surface area contributed by atoms with Crippen LogP contribution in [0.15, 0.2) is 24.4 Å². The Morgan fingerprint density at radius 3 is 2.68 bits per heavy atom. The average Bonchev–Trinajstić information content (AvgIpc) is 3.40. The maximum absolute atomic E-state index is 5.58. The van der Waals surface area contributed by atoms with Crippen molar-refractivity contribution in [2.75, 3.05) is 32.2 Å². The van der Waals surface area contributed by atoms with E-state index in [2.05, 4.69) is 59.1 Å². The van der Waals surface area contributed by atoms with E-state index in [1.54, 1.807) is 7.11 Å². The first-order chi connectivity index (χ1) is 16.5. The molecule has 3 aromatic heterocycles. The molecule has 0 bridgehead atoms. The van der Waals surface area contributed by atoms with Crippen LogP contribution in [0.2, 0.25) is 0 Å². The summed E-state index contributed by atoms with van der Waals surface area (Å²) in [4.78, 5) is 10.0. The Kier molecular flexibility index (Phi) is 6.22. The lowest BCUT2D eigenvalue weighted by molar-refractivity contribution is 0.0853. The highest BCUT2D eigenvalue weighted by Gasteiger charge is 2.23. The van der Waals surface area contributed by atoms with Gasteiger partial charge in [-0.2, -0.15) is 0 Å². The molecule has 1 N–H and O–H groups in total. The first kappa shape index (κ1) is 22.7. The Labute approximate surface area is 199 Å². The number of nitrogens with zero attached hydrogens (tertiary/aromatic N) is 6. The Morgan fingerprint density at radius 1 is 1.15 bits per heavy atom. The lowest BCUT2D eigenvalue weighted by Gasteiger charge is -2.23. The van der Waals surface area contributed by atoms with E-state index in [4.69, 9.17) is 19.4 Å². The quantitative estimate of drug-likeness (QED) is 0.435. The van der Waals surface area contributed by atoms with Crippen molar-refractivity contribution < 1.29 is 9.47 Å². The number of benzene rings is 1. The molecule has 0 saturated carbocycles. The van der Waals surface area contributed by atoms with Crippen LogP contribution in [-0.4, -0.2) is 62.1 Å². The van der Waals surface area contributed by atoms with Gasteiger partial charge in [-0.15, -0.1) is 10.2 Å². The molecule has 5 rings (SSSR count). The molecule has 9 nitrogen and oxygen atoms in total. The van der Waals surface area contributed by atoms with E-state index < -0.39 is 0 Å². The predicted molar refractivity (Wildman–Crippen MR) is 132 cm³/mol. The predicted octanol–water partition coefficient (Wildman–Crippen LogP) is 4.37. The molecule has 1 atom stereocenters. The first-order valence-electron chi connectivity index (χ1n) is 12.0. The smallest absolute Gasteiger partial charge is 0.203 e. The Balaban J connectivity index is 1.70. The van der Waals surface area contributed by atoms with Crippen LogP contribution >= 0.6 is 0 Å². The molecule has 0 spiro atoms. The van der Waals surface area contributed by atoms with Crippen molar-refractivity contribution in [1.29, 1.82) is 0 Å². The van der Waals surface area contributed by atoms with Crippen LogP contribution in [-0.2, 0) is 9.47 Å². The lowest BCUT2D eigenvalue weighted by Crippen LogP contribution is -2.16. The molecule has 0 aliphatic carbocycles. The standard InChI is InChI=1S/C25H33N7O2/c1-15(2)26-23-25-30-29-17(4)31(25)13-21(27-23)24-28-20-7-6-19(18-8-10-34-11-9-18)12-22(20)32(24)16(3)14-33-5/h6-7,12-13,15-16,18H,8-11,14H2,1-5H3,(H,26,27). The van der Waals surface area contributed by atoms with Gasteiger partial charge in [0, 0.05) is 32.6 Å².